The van der Waals surface area contributed by atoms with Gasteiger partial charge < -0.3 is 39.8 Å². The van der Waals surface area contributed by atoms with Gasteiger partial charge in [-0.05, 0) is 19.3 Å². The number of carboxylic acid groups (broad SMARTS) is 2. The highest BCUT2D eigenvalue weighted by atomic mass is 16.6. The Hall–Kier alpha value is -2.61. The highest BCUT2D eigenvalue weighted by Crippen LogP contribution is 2.14. The molecule has 1 radical (unpaired) electrons. The van der Waals surface area contributed by atoms with Crippen LogP contribution in [0.5, 0.6) is 0 Å². The lowest BCUT2D eigenvalue weighted by Crippen LogP contribution is -2.40. The zero-order valence-corrected chi connectivity index (χ0v) is 28.4. The number of unbranched alkanes of at least 4 members (excludes halogenated alkanes) is 13. The Balaban J connectivity index is 3.31. The standard InChI is InChI=1S/C34H61N2O11/c37-21-15-16-30(34(42)43)36-32(39)18-14-12-10-8-6-4-2-1-3-5-7-9-11-13-17-31(38)35-20-23-45-25-27-47-29-28-46-26-24-44-22-19-33(40)41/h30H,1-20,22-29H2,(H,35,38)(H,36,39)(H,40,41)(H,42,43). The van der Waals surface area contributed by atoms with Gasteiger partial charge in [-0.25, -0.2) is 4.79 Å². The topological polar surface area (TPSA) is 187 Å². The summed E-state index contributed by atoms with van der Waals surface area (Å²) in [5.74, 6) is -2.21. The molecule has 0 spiro atoms. The van der Waals surface area contributed by atoms with E-state index in [1.807, 2.05) is 0 Å². The fourth-order valence-electron chi connectivity index (χ4n) is 4.69. The van der Waals surface area contributed by atoms with Crippen molar-refractivity contribution in [1.82, 2.24) is 10.6 Å². The van der Waals surface area contributed by atoms with Gasteiger partial charge in [0.1, 0.15) is 6.04 Å². The van der Waals surface area contributed by atoms with Gasteiger partial charge in [0.15, 0.2) is 6.29 Å². The van der Waals surface area contributed by atoms with E-state index in [4.69, 9.17) is 29.2 Å². The molecule has 0 rings (SSSR count). The van der Waals surface area contributed by atoms with Crippen molar-refractivity contribution >= 4 is 30.0 Å². The Labute approximate surface area is 281 Å². The highest BCUT2D eigenvalue weighted by molar-refractivity contribution is 5.83. The molecule has 0 saturated heterocycles. The van der Waals surface area contributed by atoms with Crippen LogP contribution in [0.15, 0.2) is 0 Å². The lowest BCUT2D eigenvalue weighted by atomic mass is 10.0. The zero-order valence-electron chi connectivity index (χ0n) is 28.4. The largest absolute Gasteiger partial charge is 0.481 e. The second-order valence-electron chi connectivity index (χ2n) is 11.5. The van der Waals surface area contributed by atoms with E-state index < -0.39 is 18.0 Å². The molecular formula is C34H61N2O11. The number of carboxylic acids is 2. The van der Waals surface area contributed by atoms with Gasteiger partial charge in [-0.15, -0.1) is 0 Å². The van der Waals surface area contributed by atoms with E-state index in [9.17, 15) is 24.0 Å². The number of aliphatic carboxylic acids is 2. The number of ether oxygens (including phenoxy) is 4. The monoisotopic (exact) mass is 673 g/mol. The minimum atomic E-state index is -1.12. The number of carbonyl (C=O) groups excluding carboxylic acids is 3. The van der Waals surface area contributed by atoms with Crippen LogP contribution in [0.4, 0.5) is 0 Å². The number of rotatable bonds is 37. The average molecular weight is 674 g/mol. The molecule has 0 heterocycles. The number of nitrogens with one attached hydrogen (secondary N) is 2. The van der Waals surface area contributed by atoms with E-state index in [0.717, 1.165) is 44.9 Å². The summed E-state index contributed by atoms with van der Waals surface area (Å²) in [4.78, 5) is 55.6. The Morgan fingerprint density at radius 2 is 0.936 bits per heavy atom. The smallest absolute Gasteiger partial charge is 0.326 e. The van der Waals surface area contributed by atoms with Crippen LogP contribution in [0.2, 0.25) is 0 Å². The molecule has 0 aromatic heterocycles. The first-order valence-electron chi connectivity index (χ1n) is 17.5. The van der Waals surface area contributed by atoms with Crippen molar-refractivity contribution in [3.05, 3.63) is 0 Å². The van der Waals surface area contributed by atoms with Gasteiger partial charge in [0.2, 0.25) is 11.8 Å². The molecule has 2 amide bonds. The van der Waals surface area contributed by atoms with Crippen molar-refractivity contribution in [3.63, 3.8) is 0 Å². The van der Waals surface area contributed by atoms with Gasteiger partial charge >= 0.3 is 11.9 Å². The van der Waals surface area contributed by atoms with Crippen molar-refractivity contribution in [2.75, 3.05) is 59.4 Å². The van der Waals surface area contributed by atoms with E-state index in [2.05, 4.69) is 10.6 Å². The predicted molar refractivity (Wildman–Crippen MR) is 177 cm³/mol. The third kappa shape index (κ3) is 34.5. The number of hydrogen-bond donors (Lipinski definition) is 4. The predicted octanol–water partition coefficient (Wildman–Crippen LogP) is 4.34. The molecule has 0 aliphatic heterocycles. The second-order valence-corrected chi connectivity index (χ2v) is 11.5. The fourth-order valence-corrected chi connectivity index (χ4v) is 4.69. The summed E-state index contributed by atoms with van der Waals surface area (Å²) in [5, 5.41) is 22.9. The van der Waals surface area contributed by atoms with Crippen LogP contribution in [-0.2, 0) is 42.9 Å². The first-order valence-corrected chi connectivity index (χ1v) is 17.5. The lowest BCUT2D eigenvalue weighted by molar-refractivity contribution is -0.142. The van der Waals surface area contributed by atoms with Crippen molar-refractivity contribution in [2.45, 2.75) is 128 Å². The fraction of sp³-hybridized carbons (Fsp3) is 0.853. The SMILES string of the molecule is O=[C]CCC(NC(=O)CCCCCCCCCCCCCCCCC(=O)NCCOCCOCCOCCOCCC(=O)O)C(=O)O. The van der Waals surface area contributed by atoms with E-state index in [0.29, 0.717) is 65.6 Å². The number of carbonyl (C=O) groups is 4. The molecule has 13 heteroatoms. The maximum absolute atomic E-state index is 12.0. The molecule has 1 unspecified atom stereocenters. The van der Waals surface area contributed by atoms with E-state index >= 15 is 0 Å². The minimum absolute atomic E-state index is 0.00320. The quantitative estimate of drug-likeness (QED) is 0.0687. The summed E-state index contributed by atoms with van der Waals surface area (Å²) in [6.45, 7) is 3.64. The van der Waals surface area contributed by atoms with Gasteiger partial charge in [-0.2, -0.15) is 0 Å². The van der Waals surface area contributed by atoms with Gasteiger partial charge in [-0.1, -0.05) is 77.0 Å². The minimum Gasteiger partial charge on any atom is -0.481 e. The molecule has 1 atom stereocenters. The van der Waals surface area contributed by atoms with Crippen LogP contribution >= 0.6 is 0 Å². The van der Waals surface area contributed by atoms with Crippen LogP contribution in [0.1, 0.15) is 122 Å². The van der Waals surface area contributed by atoms with E-state index in [1.165, 1.54) is 44.9 Å². The van der Waals surface area contributed by atoms with Gasteiger partial charge in [0, 0.05) is 25.8 Å². The maximum Gasteiger partial charge on any atom is 0.326 e. The van der Waals surface area contributed by atoms with E-state index in [1.54, 1.807) is 6.29 Å². The average Bonchev–Trinajstić information content (AvgIpc) is 3.04. The molecule has 0 aromatic rings. The molecule has 47 heavy (non-hydrogen) atoms. The lowest BCUT2D eigenvalue weighted by Gasteiger charge is -2.12. The van der Waals surface area contributed by atoms with Crippen molar-refractivity contribution in [1.29, 1.82) is 0 Å². The van der Waals surface area contributed by atoms with Crippen LogP contribution in [0, 0.1) is 0 Å². The molecule has 0 saturated carbocycles. The van der Waals surface area contributed by atoms with Gasteiger partial charge in [0.05, 0.1) is 59.3 Å². The summed E-state index contributed by atoms with van der Waals surface area (Å²) in [6.07, 6.45) is 18.3. The van der Waals surface area contributed by atoms with Crippen LogP contribution < -0.4 is 10.6 Å². The third-order valence-corrected chi connectivity index (χ3v) is 7.37. The number of hydrogen-bond acceptors (Lipinski definition) is 9. The normalized spacial score (nSPS) is 11.7. The first kappa shape index (κ1) is 44.4. The summed E-state index contributed by atoms with van der Waals surface area (Å²) >= 11 is 0. The van der Waals surface area contributed by atoms with E-state index in [-0.39, 0.29) is 37.7 Å². The first-order chi connectivity index (χ1) is 22.9. The molecule has 13 nitrogen and oxygen atoms in total. The molecule has 0 aromatic carbocycles. The Morgan fingerprint density at radius 3 is 1.36 bits per heavy atom. The summed E-state index contributed by atoms with van der Waals surface area (Å²) in [6, 6.07) is -1.02. The highest BCUT2D eigenvalue weighted by Gasteiger charge is 2.19. The second kappa shape index (κ2) is 34.7. The molecule has 273 valence electrons. The molecule has 4 N–H and O–H groups in total. The Morgan fingerprint density at radius 1 is 0.532 bits per heavy atom. The molecule has 0 aliphatic carbocycles. The van der Waals surface area contributed by atoms with Crippen molar-refractivity contribution < 1.29 is 53.1 Å². The van der Waals surface area contributed by atoms with Crippen molar-refractivity contribution in [2.24, 2.45) is 0 Å². The Kier molecular flexibility index (Phi) is 32.8. The Bertz CT molecular complexity index is 798. The summed E-state index contributed by atoms with van der Waals surface area (Å²) in [5.41, 5.74) is 0. The van der Waals surface area contributed by atoms with Gasteiger partial charge in [0.25, 0.3) is 0 Å². The van der Waals surface area contributed by atoms with Crippen LogP contribution in [-0.4, -0.2) is 106 Å². The number of amides is 2. The van der Waals surface area contributed by atoms with Crippen molar-refractivity contribution in [3.8, 4) is 0 Å². The molecular weight excluding hydrogens is 612 g/mol. The summed E-state index contributed by atoms with van der Waals surface area (Å²) < 4.78 is 21.3. The maximum atomic E-state index is 12.0. The van der Waals surface area contributed by atoms with Gasteiger partial charge in [-0.3, -0.25) is 19.2 Å². The van der Waals surface area contributed by atoms with Crippen LogP contribution in [0.25, 0.3) is 0 Å². The summed E-state index contributed by atoms with van der Waals surface area (Å²) in [7, 11) is 0. The molecule has 0 fully saturated rings. The van der Waals surface area contributed by atoms with Crippen LogP contribution in [0.3, 0.4) is 0 Å². The zero-order chi connectivity index (χ0) is 34.6. The molecule has 0 bridgehead atoms. The molecule has 0 aliphatic rings. The third-order valence-electron chi connectivity index (χ3n) is 7.37.